The molecule has 0 N–H and O–H groups in total. The molecule has 2 rings (SSSR count). The van der Waals surface area contributed by atoms with Gasteiger partial charge in [-0.2, -0.15) is 13.2 Å². The molecule has 1 saturated heterocycles. The van der Waals surface area contributed by atoms with E-state index in [2.05, 4.69) is 23.8 Å². The molecule has 1 atom stereocenters. The summed E-state index contributed by atoms with van der Waals surface area (Å²) in [6, 6.07) is 0.471. The van der Waals surface area contributed by atoms with Crippen LogP contribution in [0.5, 0.6) is 0 Å². The van der Waals surface area contributed by atoms with Gasteiger partial charge in [0.2, 0.25) is 5.95 Å². The van der Waals surface area contributed by atoms with Crippen molar-refractivity contribution in [3.05, 3.63) is 18.0 Å². The predicted octanol–water partition coefficient (Wildman–Crippen LogP) is 2.67. The van der Waals surface area contributed by atoms with E-state index in [0.717, 1.165) is 5.69 Å². The summed E-state index contributed by atoms with van der Waals surface area (Å²) in [5, 5.41) is 0. The van der Waals surface area contributed by atoms with E-state index in [0.29, 0.717) is 38.0 Å². The van der Waals surface area contributed by atoms with Crippen molar-refractivity contribution in [1.82, 2.24) is 14.9 Å². The van der Waals surface area contributed by atoms with Crippen LogP contribution >= 0.6 is 0 Å². The molecule has 2 heterocycles. The SMILES string of the molecule is CC(C)c1ccnc(N2CCN(C(C)C(F)(F)F)CC2)n1. The zero-order valence-corrected chi connectivity index (χ0v) is 12.6. The standard InChI is InChI=1S/C14H21F3N4/c1-10(2)12-4-5-18-13(19-12)21-8-6-20(7-9-21)11(3)14(15,16)17/h4-5,10-11H,6-9H2,1-3H3. The van der Waals surface area contributed by atoms with Gasteiger partial charge in [0.25, 0.3) is 0 Å². The molecule has 0 bridgehead atoms. The molecular formula is C14H21F3N4. The molecule has 4 nitrogen and oxygen atoms in total. The summed E-state index contributed by atoms with van der Waals surface area (Å²) in [7, 11) is 0. The minimum atomic E-state index is -4.17. The van der Waals surface area contributed by atoms with E-state index in [-0.39, 0.29) is 0 Å². The Morgan fingerprint density at radius 3 is 2.24 bits per heavy atom. The molecular weight excluding hydrogens is 281 g/mol. The highest BCUT2D eigenvalue weighted by Gasteiger charge is 2.40. The summed E-state index contributed by atoms with van der Waals surface area (Å²) in [4.78, 5) is 12.1. The Bertz CT molecular complexity index is 468. The van der Waals surface area contributed by atoms with Crippen molar-refractivity contribution in [2.24, 2.45) is 0 Å². The smallest absolute Gasteiger partial charge is 0.338 e. The molecule has 0 spiro atoms. The molecule has 1 aliphatic heterocycles. The first-order valence-corrected chi connectivity index (χ1v) is 7.17. The van der Waals surface area contributed by atoms with Gasteiger partial charge < -0.3 is 4.90 Å². The Labute approximate surface area is 123 Å². The molecule has 1 aromatic rings. The second-order valence-electron chi connectivity index (χ2n) is 5.68. The van der Waals surface area contributed by atoms with Gasteiger partial charge in [-0.25, -0.2) is 9.97 Å². The third-order valence-electron chi connectivity index (χ3n) is 3.87. The zero-order valence-electron chi connectivity index (χ0n) is 12.6. The molecule has 0 radical (unpaired) electrons. The molecule has 21 heavy (non-hydrogen) atoms. The van der Waals surface area contributed by atoms with Crippen LogP contribution in [0, 0.1) is 0 Å². The molecule has 1 aliphatic rings. The van der Waals surface area contributed by atoms with E-state index >= 15 is 0 Å². The molecule has 118 valence electrons. The summed E-state index contributed by atoms with van der Waals surface area (Å²) >= 11 is 0. The first-order valence-electron chi connectivity index (χ1n) is 7.17. The van der Waals surface area contributed by atoms with Crippen LogP contribution in [-0.4, -0.2) is 53.3 Å². The fourth-order valence-electron chi connectivity index (χ4n) is 2.35. The van der Waals surface area contributed by atoms with Crippen LogP contribution in [0.1, 0.15) is 32.4 Å². The Balaban J connectivity index is 1.99. The topological polar surface area (TPSA) is 32.3 Å². The van der Waals surface area contributed by atoms with Gasteiger partial charge >= 0.3 is 6.18 Å². The summed E-state index contributed by atoms with van der Waals surface area (Å²) in [6.07, 6.45) is -2.46. The zero-order chi connectivity index (χ0) is 15.6. The molecule has 0 aliphatic carbocycles. The van der Waals surface area contributed by atoms with Gasteiger partial charge in [-0.1, -0.05) is 13.8 Å². The van der Waals surface area contributed by atoms with Crippen molar-refractivity contribution in [2.75, 3.05) is 31.1 Å². The van der Waals surface area contributed by atoms with Crippen LogP contribution in [0.15, 0.2) is 12.3 Å². The number of halogens is 3. The van der Waals surface area contributed by atoms with Crippen LogP contribution < -0.4 is 4.90 Å². The highest BCUT2D eigenvalue weighted by Crippen LogP contribution is 2.25. The third-order valence-corrected chi connectivity index (χ3v) is 3.87. The minimum Gasteiger partial charge on any atom is -0.338 e. The average molecular weight is 302 g/mol. The van der Waals surface area contributed by atoms with Crippen molar-refractivity contribution in [3.63, 3.8) is 0 Å². The maximum atomic E-state index is 12.7. The van der Waals surface area contributed by atoms with Crippen LogP contribution in [0.3, 0.4) is 0 Å². The second kappa shape index (κ2) is 6.17. The number of piperazine rings is 1. The quantitative estimate of drug-likeness (QED) is 0.859. The Hall–Kier alpha value is -1.37. The molecule has 1 unspecified atom stereocenters. The van der Waals surface area contributed by atoms with Gasteiger partial charge in [0, 0.05) is 38.1 Å². The maximum absolute atomic E-state index is 12.7. The minimum absolute atomic E-state index is 0.304. The second-order valence-corrected chi connectivity index (χ2v) is 5.68. The Kier molecular flexibility index (Phi) is 4.70. The number of hydrogen-bond donors (Lipinski definition) is 0. The fraction of sp³-hybridized carbons (Fsp3) is 0.714. The lowest BCUT2D eigenvalue weighted by Crippen LogP contribution is -2.54. The van der Waals surface area contributed by atoms with Crippen LogP contribution in [0.25, 0.3) is 0 Å². The fourth-order valence-corrected chi connectivity index (χ4v) is 2.35. The lowest BCUT2D eigenvalue weighted by Gasteiger charge is -2.38. The van der Waals surface area contributed by atoms with E-state index < -0.39 is 12.2 Å². The van der Waals surface area contributed by atoms with E-state index in [1.165, 1.54) is 11.8 Å². The van der Waals surface area contributed by atoms with E-state index in [4.69, 9.17) is 0 Å². The number of aromatic nitrogens is 2. The molecule has 0 aromatic carbocycles. The largest absolute Gasteiger partial charge is 0.403 e. The van der Waals surface area contributed by atoms with Crippen molar-refractivity contribution in [2.45, 2.75) is 38.9 Å². The normalized spacial score (nSPS) is 19.1. The Morgan fingerprint density at radius 2 is 1.71 bits per heavy atom. The number of rotatable bonds is 3. The molecule has 1 aromatic heterocycles. The molecule has 0 saturated carbocycles. The third kappa shape index (κ3) is 3.84. The van der Waals surface area contributed by atoms with E-state index in [9.17, 15) is 13.2 Å². The molecule has 7 heteroatoms. The number of hydrogen-bond acceptors (Lipinski definition) is 4. The summed E-state index contributed by atoms with van der Waals surface area (Å²) in [6.45, 7) is 7.09. The van der Waals surface area contributed by atoms with Crippen LogP contribution in [-0.2, 0) is 0 Å². The van der Waals surface area contributed by atoms with Crippen LogP contribution in [0.4, 0.5) is 19.1 Å². The van der Waals surface area contributed by atoms with Gasteiger partial charge in [0.1, 0.15) is 6.04 Å². The van der Waals surface area contributed by atoms with Gasteiger partial charge in [-0.3, -0.25) is 4.90 Å². The van der Waals surface area contributed by atoms with Crippen LogP contribution in [0.2, 0.25) is 0 Å². The van der Waals surface area contributed by atoms with E-state index in [1.54, 1.807) is 6.20 Å². The molecule has 1 fully saturated rings. The van der Waals surface area contributed by atoms with Crippen molar-refractivity contribution in [1.29, 1.82) is 0 Å². The van der Waals surface area contributed by atoms with Gasteiger partial charge in [-0.15, -0.1) is 0 Å². The monoisotopic (exact) mass is 302 g/mol. The summed E-state index contributed by atoms with van der Waals surface area (Å²) < 4.78 is 38.1. The van der Waals surface area contributed by atoms with Crippen molar-refractivity contribution in [3.8, 4) is 0 Å². The summed E-state index contributed by atoms with van der Waals surface area (Å²) in [5.41, 5.74) is 0.950. The predicted molar refractivity (Wildman–Crippen MR) is 75.4 cm³/mol. The van der Waals surface area contributed by atoms with Crippen molar-refractivity contribution < 1.29 is 13.2 Å². The molecule has 0 amide bonds. The lowest BCUT2D eigenvalue weighted by atomic mass is 10.1. The number of nitrogens with zero attached hydrogens (tertiary/aromatic N) is 4. The average Bonchev–Trinajstić information content (AvgIpc) is 2.46. The highest BCUT2D eigenvalue weighted by molar-refractivity contribution is 5.31. The summed E-state index contributed by atoms with van der Waals surface area (Å²) in [5.74, 6) is 0.916. The Morgan fingerprint density at radius 1 is 1.10 bits per heavy atom. The van der Waals surface area contributed by atoms with Gasteiger partial charge in [0.05, 0.1) is 0 Å². The first kappa shape index (κ1) is 16.0. The lowest BCUT2D eigenvalue weighted by molar-refractivity contribution is -0.179. The first-order chi connectivity index (χ1) is 9.79. The van der Waals surface area contributed by atoms with Gasteiger partial charge in [-0.05, 0) is 18.9 Å². The highest BCUT2D eigenvalue weighted by atomic mass is 19.4. The van der Waals surface area contributed by atoms with E-state index in [1.807, 2.05) is 11.0 Å². The number of anilines is 1. The van der Waals surface area contributed by atoms with Crippen molar-refractivity contribution >= 4 is 5.95 Å². The number of alkyl halides is 3. The van der Waals surface area contributed by atoms with Gasteiger partial charge in [0.15, 0.2) is 0 Å². The maximum Gasteiger partial charge on any atom is 0.403 e.